The fourth-order valence-electron chi connectivity index (χ4n) is 3.56. The first-order valence-corrected chi connectivity index (χ1v) is 9.17. The summed E-state index contributed by atoms with van der Waals surface area (Å²) in [7, 11) is 1.68. The van der Waals surface area contributed by atoms with Gasteiger partial charge in [0.1, 0.15) is 0 Å². The second-order valence-electron chi connectivity index (χ2n) is 6.87. The lowest BCUT2D eigenvalue weighted by Gasteiger charge is -2.20. The van der Waals surface area contributed by atoms with Gasteiger partial charge in [-0.05, 0) is 29.2 Å². The van der Waals surface area contributed by atoms with E-state index in [1.54, 1.807) is 7.05 Å². The molecule has 0 aromatic heterocycles. The van der Waals surface area contributed by atoms with Gasteiger partial charge in [0.05, 0.1) is 6.54 Å². The van der Waals surface area contributed by atoms with Crippen LogP contribution in [0.4, 0.5) is 13.2 Å². The fraction of sp³-hybridized carbons (Fsp3) is 0.450. The van der Waals surface area contributed by atoms with E-state index in [9.17, 15) is 13.2 Å². The maximum absolute atomic E-state index is 12.5. The molecule has 2 N–H and O–H groups in total. The summed E-state index contributed by atoms with van der Waals surface area (Å²) in [6.07, 6.45) is -2.62. The number of likely N-dealkylation sites (tertiary alicyclic amines) is 1. The SMILES string of the molecule is CN=C(NCCc1cccc2ccccc12)NC1CCN(CC(F)(F)F)C1. The monoisotopic (exact) mass is 378 g/mol. The number of guanidine groups is 1. The van der Waals surface area contributed by atoms with Crippen molar-refractivity contribution in [3.8, 4) is 0 Å². The van der Waals surface area contributed by atoms with Crippen molar-refractivity contribution in [1.29, 1.82) is 0 Å². The molecular formula is C20H25F3N4. The van der Waals surface area contributed by atoms with Crippen LogP contribution in [0.5, 0.6) is 0 Å². The number of nitrogens with one attached hydrogen (secondary N) is 2. The van der Waals surface area contributed by atoms with Crippen LogP contribution < -0.4 is 10.6 Å². The van der Waals surface area contributed by atoms with Crippen molar-refractivity contribution < 1.29 is 13.2 Å². The Bertz CT molecular complexity index is 783. The average Bonchev–Trinajstić information content (AvgIpc) is 3.06. The molecule has 0 bridgehead atoms. The first-order valence-electron chi connectivity index (χ1n) is 9.17. The van der Waals surface area contributed by atoms with E-state index in [1.165, 1.54) is 21.2 Å². The van der Waals surface area contributed by atoms with Crippen LogP contribution in [-0.2, 0) is 6.42 Å². The van der Waals surface area contributed by atoms with Gasteiger partial charge in [-0.25, -0.2) is 0 Å². The second kappa shape index (κ2) is 8.61. The molecule has 1 saturated heterocycles. The molecule has 2 aromatic rings. The molecule has 1 atom stereocenters. The second-order valence-corrected chi connectivity index (χ2v) is 6.87. The fourth-order valence-corrected chi connectivity index (χ4v) is 3.56. The summed E-state index contributed by atoms with van der Waals surface area (Å²) in [5.74, 6) is 0.633. The normalized spacial score (nSPS) is 18.8. The van der Waals surface area contributed by atoms with Gasteiger partial charge in [0.2, 0.25) is 0 Å². The van der Waals surface area contributed by atoms with Gasteiger partial charge in [-0.15, -0.1) is 0 Å². The van der Waals surface area contributed by atoms with Gasteiger partial charge < -0.3 is 10.6 Å². The van der Waals surface area contributed by atoms with Crippen molar-refractivity contribution in [3.05, 3.63) is 48.0 Å². The highest BCUT2D eigenvalue weighted by Gasteiger charge is 2.34. The summed E-state index contributed by atoms with van der Waals surface area (Å²) in [5, 5.41) is 8.96. The maximum Gasteiger partial charge on any atom is 0.401 e. The molecule has 0 aliphatic carbocycles. The van der Waals surface area contributed by atoms with Gasteiger partial charge >= 0.3 is 6.18 Å². The first-order chi connectivity index (χ1) is 12.9. The molecule has 7 heteroatoms. The van der Waals surface area contributed by atoms with Crippen LogP contribution in [0.1, 0.15) is 12.0 Å². The highest BCUT2D eigenvalue weighted by Crippen LogP contribution is 2.20. The van der Waals surface area contributed by atoms with Gasteiger partial charge in [0.25, 0.3) is 0 Å². The van der Waals surface area contributed by atoms with Gasteiger partial charge in [0, 0.05) is 32.7 Å². The van der Waals surface area contributed by atoms with Crippen LogP contribution >= 0.6 is 0 Å². The molecule has 0 radical (unpaired) electrons. The molecule has 27 heavy (non-hydrogen) atoms. The number of fused-ring (bicyclic) bond motifs is 1. The lowest BCUT2D eigenvalue weighted by atomic mass is 10.0. The number of aliphatic imine (C=N–C) groups is 1. The zero-order chi connectivity index (χ0) is 19.3. The van der Waals surface area contributed by atoms with Gasteiger partial charge in [-0.1, -0.05) is 42.5 Å². The Morgan fingerprint density at radius 3 is 2.74 bits per heavy atom. The van der Waals surface area contributed by atoms with E-state index in [1.807, 2.05) is 12.1 Å². The molecule has 3 rings (SSSR count). The van der Waals surface area contributed by atoms with Crippen LogP contribution in [0.25, 0.3) is 10.8 Å². The van der Waals surface area contributed by atoms with E-state index in [0.29, 0.717) is 32.0 Å². The van der Waals surface area contributed by atoms with E-state index in [-0.39, 0.29) is 6.04 Å². The molecule has 146 valence electrons. The predicted octanol–water partition coefficient (Wildman–Crippen LogP) is 3.18. The summed E-state index contributed by atoms with van der Waals surface area (Å²) in [5.41, 5.74) is 1.26. The summed E-state index contributed by atoms with van der Waals surface area (Å²) < 4.78 is 37.5. The molecule has 1 aliphatic heterocycles. The summed E-state index contributed by atoms with van der Waals surface area (Å²) >= 11 is 0. The lowest BCUT2D eigenvalue weighted by molar-refractivity contribution is -0.143. The molecule has 1 heterocycles. The van der Waals surface area contributed by atoms with Gasteiger partial charge in [0.15, 0.2) is 5.96 Å². The average molecular weight is 378 g/mol. The topological polar surface area (TPSA) is 39.7 Å². The zero-order valence-corrected chi connectivity index (χ0v) is 15.4. The van der Waals surface area contributed by atoms with Crippen LogP contribution in [-0.4, -0.2) is 56.3 Å². The minimum absolute atomic E-state index is 0.0175. The van der Waals surface area contributed by atoms with Crippen LogP contribution in [0, 0.1) is 0 Å². The minimum atomic E-state index is -4.15. The van der Waals surface area contributed by atoms with Crippen molar-refractivity contribution in [2.45, 2.75) is 25.1 Å². The molecule has 1 fully saturated rings. The Balaban J connectivity index is 1.49. The lowest BCUT2D eigenvalue weighted by Crippen LogP contribution is -2.45. The van der Waals surface area contributed by atoms with Crippen LogP contribution in [0.3, 0.4) is 0 Å². The highest BCUT2D eigenvalue weighted by molar-refractivity contribution is 5.85. The number of rotatable bonds is 5. The number of halogens is 3. The van der Waals surface area contributed by atoms with Crippen molar-refractivity contribution in [3.63, 3.8) is 0 Å². The molecule has 1 unspecified atom stereocenters. The van der Waals surface area contributed by atoms with E-state index < -0.39 is 12.7 Å². The van der Waals surface area contributed by atoms with Crippen molar-refractivity contribution >= 4 is 16.7 Å². The molecule has 0 spiro atoms. The van der Waals surface area contributed by atoms with Crippen LogP contribution in [0.15, 0.2) is 47.5 Å². The van der Waals surface area contributed by atoms with E-state index in [0.717, 1.165) is 6.42 Å². The summed E-state index contributed by atoms with van der Waals surface area (Å²) in [6.45, 7) is 0.679. The smallest absolute Gasteiger partial charge is 0.356 e. The van der Waals surface area contributed by atoms with Crippen molar-refractivity contribution in [1.82, 2.24) is 15.5 Å². The molecule has 0 amide bonds. The van der Waals surface area contributed by atoms with Gasteiger partial charge in [-0.3, -0.25) is 9.89 Å². The Kier molecular flexibility index (Phi) is 6.21. The molecule has 1 aliphatic rings. The zero-order valence-electron chi connectivity index (χ0n) is 15.4. The molecule has 4 nitrogen and oxygen atoms in total. The third kappa shape index (κ3) is 5.60. The quantitative estimate of drug-likeness (QED) is 0.620. The number of alkyl halides is 3. The number of hydrogen-bond donors (Lipinski definition) is 2. The van der Waals surface area contributed by atoms with Crippen LogP contribution in [0.2, 0.25) is 0 Å². The third-order valence-corrected chi connectivity index (χ3v) is 4.81. The minimum Gasteiger partial charge on any atom is -0.356 e. The molecule has 0 saturated carbocycles. The molecular weight excluding hydrogens is 353 g/mol. The first kappa shape index (κ1) is 19.5. The number of nitrogens with zero attached hydrogens (tertiary/aromatic N) is 2. The van der Waals surface area contributed by atoms with Gasteiger partial charge in [-0.2, -0.15) is 13.2 Å². The third-order valence-electron chi connectivity index (χ3n) is 4.81. The standard InChI is InChI=1S/C20H25F3N4/c1-24-19(26-17-10-12-27(13-17)14-20(21,22)23)25-11-9-16-7-4-6-15-5-2-3-8-18(15)16/h2-8,17H,9-14H2,1H3,(H2,24,25,26). The number of benzene rings is 2. The Hall–Kier alpha value is -2.28. The predicted molar refractivity (Wildman–Crippen MR) is 103 cm³/mol. The van der Waals surface area contributed by atoms with E-state index in [2.05, 4.69) is 46.0 Å². The largest absolute Gasteiger partial charge is 0.401 e. The maximum atomic E-state index is 12.5. The van der Waals surface area contributed by atoms with E-state index >= 15 is 0 Å². The van der Waals surface area contributed by atoms with E-state index in [4.69, 9.17) is 0 Å². The summed E-state index contributed by atoms with van der Waals surface area (Å²) in [6, 6.07) is 14.5. The Labute approximate surface area is 157 Å². The highest BCUT2D eigenvalue weighted by atomic mass is 19.4. The molecule has 2 aromatic carbocycles. The van der Waals surface area contributed by atoms with Crippen molar-refractivity contribution in [2.75, 3.05) is 33.2 Å². The summed E-state index contributed by atoms with van der Waals surface area (Å²) in [4.78, 5) is 5.63. The van der Waals surface area contributed by atoms with Crippen molar-refractivity contribution in [2.24, 2.45) is 4.99 Å². The Morgan fingerprint density at radius 1 is 1.19 bits per heavy atom. The Morgan fingerprint density at radius 2 is 1.96 bits per heavy atom. The number of hydrogen-bond acceptors (Lipinski definition) is 2.